The number of nitrogens with zero attached hydrogens (tertiary/aromatic N) is 3. The molecule has 3 heterocycles. The number of hydrogen-bond donors (Lipinski definition) is 3. The lowest BCUT2D eigenvalue weighted by atomic mass is 10.0. The van der Waals surface area contributed by atoms with Gasteiger partial charge in [-0.15, -0.1) is 0 Å². The minimum atomic E-state index is -1.97. The fourth-order valence-corrected chi connectivity index (χ4v) is 5.41. The van der Waals surface area contributed by atoms with E-state index >= 15 is 0 Å². The summed E-state index contributed by atoms with van der Waals surface area (Å²) >= 11 is 1.17. The summed E-state index contributed by atoms with van der Waals surface area (Å²) in [4.78, 5) is 55.5. The second kappa shape index (κ2) is 7.80. The van der Waals surface area contributed by atoms with Crippen molar-refractivity contribution in [3.63, 3.8) is 0 Å². The zero-order valence-electron chi connectivity index (χ0n) is 16.2. The summed E-state index contributed by atoms with van der Waals surface area (Å²) in [5.41, 5.74) is 4.37. The van der Waals surface area contributed by atoms with Crippen LogP contribution in [-0.2, 0) is 22.6 Å². The number of Topliss-reactive ketones (excluding diaryl/α,β-unsaturated/α-hetero) is 1. The van der Waals surface area contributed by atoms with Crippen LogP contribution in [0.25, 0.3) is 4.96 Å². The van der Waals surface area contributed by atoms with Crippen LogP contribution >= 0.6 is 11.3 Å². The van der Waals surface area contributed by atoms with Gasteiger partial charge in [-0.05, 0) is 18.8 Å². The molecule has 0 saturated heterocycles. The number of carbonyl (C=O) groups is 3. The number of carboxylic acid groups (broad SMARTS) is 1. The normalized spacial score (nSPS) is 17.8. The molecule has 1 atom stereocenters. The second-order valence-corrected chi connectivity index (χ2v) is 8.87. The molecule has 1 fully saturated rings. The molecule has 0 spiro atoms. The van der Waals surface area contributed by atoms with E-state index in [4.69, 9.17) is 10.8 Å². The third kappa shape index (κ3) is 3.47. The van der Waals surface area contributed by atoms with Gasteiger partial charge in [0.2, 0.25) is 22.5 Å². The van der Waals surface area contributed by atoms with Gasteiger partial charge in [-0.3, -0.25) is 23.6 Å². The van der Waals surface area contributed by atoms with E-state index in [-0.39, 0.29) is 10.9 Å². The van der Waals surface area contributed by atoms with E-state index in [0.717, 1.165) is 17.7 Å². The van der Waals surface area contributed by atoms with Crippen LogP contribution in [0, 0.1) is 5.92 Å². The van der Waals surface area contributed by atoms with Gasteiger partial charge in [0.1, 0.15) is 5.56 Å². The summed E-state index contributed by atoms with van der Waals surface area (Å²) in [6, 6.07) is -1.97. The van der Waals surface area contributed by atoms with Crippen molar-refractivity contribution in [2.45, 2.75) is 51.1 Å². The highest BCUT2D eigenvalue weighted by atomic mass is 32.1. The standard InChI is InChI=1S/C19H22N4O6S/c20-14(18(28)29)15(25)13-16(26)21-19-23(17(13)27)10-5-6-22(8-11(10)30-19)12(24)7-9-3-1-2-4-9/h9,14,26H,1-8,20H2,(H,28,29). The van der Waals surface area contributed by atoms with Crippen molar-refractivity contribution in [2.75, 3.05) is 6.54 Å². The Morgan fingerprint density at radius 1 is 1.27 bits per heavy atom. The van der Waals surface area contributed by atoms with Crippen molar-refractivity contribution >= 4 is 34.0 Å². The first-order valence-electron chi connectivity index (χ1n) is 9.84. The van der Waals surface area contributed by atoms with Gasteiger partial charge in [0, 0.05) is 30.0 Å². The summed E-state index contributed by atoms with van der Waals surface area (Å²) in [5, 5.41) is 19.1. The topological polar surface area (TPSA) is 155 Å². The van der Waals surface area contributed by atoms with E-state index in [9.17, 15) is 24.3 Å². The Labute approximate surface area is 174 Å². The first-order chi connectivity index (χ1) is 14.3. The molecule has 2 aromatic heterocycles. The molecule has 0 aromatic carbocycles. The number of carbonyl (C=O) groups excluding carboxylic acids is 2. The molecule has 1 amide bonds. The number of hydrogen-bond acceptors (Lipinski definition) is 8. The van der Waals surface area contributed by atoms with E-state index in [1.807, 2.05) is 0 Å². The van der Waals surface area contributed by atoms with Crippen molar-refractivity contribution in [1.82, 2.24) is 14.3 Å². The monoisotopic (exact) mass is 434 g/mol. The molecule has 11 heteroatoms. The lowest BCUT2D eigenvalue weighted by Crippen LogP contribution is -2.42. The van der Waals surface area contributed by atoms with Crippen LogP contribution < -0.4 is 11.3 Å². The van der Waals surface area contributed by atoms with Crippen LogP contribution in [0.4, 0.5) is 0 Å². The Morgan fingerprint density at radius 2 is 1.97 bits per heavy atom. The van der Waals surface area contributed by atoms with Gasteiger partial charge in [0.25, 0.3) is 5.56 Å². The molecule has 30 heavy (non-hydrogen) atoms. The van der Waals surface area contributed by atoms with Gasteiger partial charge in [-0.2, -0.15) is 4.98 Å². The number of aliphatic carboxylic acids is 1. The van der Waals surface area contributed by atoms with E-state index < -0.39 is 34.8 Å². The minimum absolute atomic E-state index is 0.0939. The molecule has 1 aliphatic carbocycles. The first kappa shape index (κ1) is 20.5. The van der Waals surface area contributed by atoms with Crippen LogP contribution in [0.2, 0.25) is 0 Å². The van der Waals surface area contributed by atoms with E-state index in [2.05, 4.69) is 4.98 Å². The SMILES string of the molecule is NC(C(=O)O)C(=O)c1c(O)nc2sc3c(n2c1=O)CCN(C(=O)CC1CCCC1)C3. The Hall–Kier alpha value is -2.79. The molecular weight excluding hydrogens is 412 g/mol. The van der Waals surface area contributed by atoms with Crippen LogP contribution in [0.1, 0.15) is 53.0 Å². The van der Waals surface area contributed by atoms with Gasteiger partial charge < -0.3 is 20.8 Å². The Kier molecular flexibility index (Phi) is 5.33. The van der Waals surface area contributed by atoms with E-state index in [1.54, 1.807) is 4.90 Å². The zero-order valence-corrected chi connectivity index (χ0v) is 17.0. The number of aromatic hydroxyl groups is 1. The summed E-state index contributed by atoms with van der Waals surface area (Å²) in [6.07, 6.45) is 5.44. The maximum atomic E-state index is 12.9. The molecule has 1 saturated carbocycles. The van der Waals surface area contributed by atoms with Gasteiger partial charge in [-0.25, -0.2) is 0 Å². The van der Waals surface area contributed by atoms with E-state index in [0.29, 0.717) is 37.5 Å². The smallest absolute Gasteiger partial charge is 0.328 e. The predicted octanol–water partition coefficient (Wildman–Crippen LogP) is 0.521. The van der Waals surface area contributed by atoms with Gasteiger partial charge >= 0.3 is 5.97 Å². The lowest BCUT2D eigenvalue weighted by molar-refractivity contribution is -0.137. The number of nitrogens with two attached hydrogens (primary N) is 1. The molecule has 1 unspecified atom stereocenters. The molecular formula is C19H22N4O6S. The second-order valence-electron chi connectivity index (χ2n) is 7.81. The number of aromatic nitrogens is 2. The van der Waals surface area contributed by atoms with Crippen molar-refractivity contribution in [3.8, 4) is 5.88 Å². The summed E-state index contributed by atoms with van der Waals surface area (Å²) in [5.74, 6) is -3.11. The molecule has 10 nitrogen and oxygen atoms in total. The minimum Gasteiger partial charge on any atom is -0.493 e. The maximum absolute atomic E-state index is 12.9. The number of ketones is 1. The molecule has 160 valence electrons. The Balaban J connectivity index is 1.65. The largest absolute Gasteiger partial charge is 0.493 e. The van der Waals surface area contributed by atoms with Gasteiger partial charge in [0.05, 0.1) is 6.54 Å². The maximum Gasteiger partial charge on any atom is 0.328 e. The van der Waals surface area contributed by atoms with Crippen molar-refractivity contribution in [3.05, 3.63) is 26.5 Å². The summed E-state index contributed by atoms with van der Waals surface area (Å²) in [7, 11) is 0. The number of thiazole rings is 1. The summed E-state index contributed by atoms with van der Waals surface area (Å²) in [6.45, 7) is 0.780. The molecule has 4 N–H and O–H groups in total. The van der Waals surface area contributed by atoms with E-state index in [1.165, 1.54) is 28.6 Å². The summed E-state index contributed by atoms with van der Waals surface area (Å²) < 4.78 is 1.22. The Morgan fingerprint density at radius 3 is 2.63 bits per heavy atom. The molecule has 2 aromatic rings. The number of carboxylic acids is 1. The van der Waals surface area contributed by atoms with Crippen LogP contribution in [0.15, 0.2) is 4.79 Å². The highest BCUT2D eigenvalue weighted by Gasteiger charge is 2.32. The fourth-order valence-electron chi connectivity index (χ4n) is 4.25. The third-order valence-corrected chi connectivity index (χ3v) is 6.95. The number of fused-ring (bicyclic) bond motifs is 3. The molecule has 2 aliphatic rings. The fraction of sp³-hybridized carbons (Fsp3) is 0.526. The number of rotatable bonds is 5. The van der Waals surface area contributed by atoms with Crippen molar-refractivity contribution in [1.29, 1.82) is 0 Å². The highest BCUT2D eigenvalue weighted by Crippen LogP contribution is 2.31. The molecule has 4 rings (SSSR count). The zero-order chi connectivity index (χ0) is 21.6. The van der Waals surface area contributed by atoms with Crippen LogP contribution in [0.3, 0.4) is 0 Å². The van der Waals surface area contributed by atoms with Crippen LogP contribution in [-0.4, -0.2) is 54.7 Å². The third-order valence-electron chi connectivity index (χ3n) is 5.88. The molecule has 0 radical (unpaired) electrons. The van der Waals surface area contributed by atoms with Crippen molar-refractivity contribution in [2.24, 2.45) is 11.7 Å². The van der Waals surface area contributed by atoms with Gasteiger partial charge in [0.15, 0.2) is 6.04 Å². The molecule has 1 aliphatic heterocycles. The first-order valence-corrected chi connectivity index (χ1v) is 10.7. The Bertz CT molecular complexity index is 1100. The number of amides is 1. The van der Waals surface area contributed by atoms with Gasteiger partial charge in [-0.1, -0.05) is 24.2 Å². The average Bonchev–Trinajstić information content (AvgIpc) is 3.33. The quantitative estimate of drug-likeness (QED) is 0.454. The highest BCUT2D eigenvalue weighted by molar-refractivity contribution is 7.17. The van der Waals surface area contributed by atoms with Crippen molar-refractivity contribution < 1.29 is 24.6 Å². The predicted molar refractivity (Wildman–Crippen MR) is 107 cm³/mol. The average molecular weight is 434 g/mol. The van der Waals surface area contributed by atoms with Crippen LogP contribution in [0.5, 0.6) is 5.88 Å². The molecule has 0 bridgehead atoms. The lowest BCUT2D eigenvalue weighted by Gasteiger charge is -2.27.